The van der Waals surface area contributed by atoms with Crippen molar-refractivity contribution in [2.75, 3.05) is 11.2 Å². The lowest BCUT2D eigenvalue weighted by atomic mass is 9.95. The van der Waals surface area contributed by atoms with Crippen molar-refractivity contribution in [2.24, 2.45) is 5.92 Å². The quantitative estimate of drug-likeness (QED) is 0.331. The molecule has 9 nitrogen and oxygen atoms in total. The lowest BCUT2D eigenvalue weighted by Gasteiger charge is -2.19. The number of aromatic nitrogens is 4. The maximum Gasteiger partial charge on any atom is 0.145 e. The van der Waals surface area contributed by atoms with Crippen LogP contribution in [-0.4, -0.2) is 41.9 Å². The van der Waals surface area contributed by atoms with E-state index in [1.165, 1.54) is 17.5 Å². The van der Waals surface area contributed by atoms with Crippen LogP contribution in [-0.2, 0) is 13.0 Å². The van der Waals surface area contributed by atoms with Crippen molar-refractivity contribution in [2.45, 2.75) is 44.1 Å². The topological polar surface area (TPSA) is 134 Å². The summed E-state index contributed by atoms with van der Waals surface area (Å²) in [7, 11) is 0. The Kier molecular flexibility index (Phi) is 4.49. The van der Waals surface area contributed by atoms with Crippen LogP contribution >= 0.6 is 0 Å². The van der Waals surface area contributed by atoms with Crippen LogP contribution in [0.15, 0.2) is 42.9 Å². The Morgan fingerprint density at radius 1 is 1.12 bits per heavy atom. The van der Waals surface area contributed by atoms with E-state index >= 15 is 0 Å². The smallest absolute Gasteiger partial charge is 0.145 e. The summed E-state index contributed by atoms with van der Waals surface area (Å²) in [5.41, 5.74) is 16.1. The minimum absolute atomic E-state index is 0.0128. The molecule has 1 saturated carbocycles. The van der Waals surface area contributed by atoms with Crippen LogP contribution in [0.4, 0.5) is 11.6 Å². The van der Waals surface area contributed by atoms with Gasteiger partial charge < -0.3 is 25.9 Å². The molecule has 0 bridgehead atoms. The first kappa shape index (κ1) is 19.4. The average molecular weight is 432 g/mol. The van der Waals surface area contributed by atoms with Gasteiger partial charge in [0.25, 0.3) is 0 Å². The molecule has 6 N–H and O–H groups in total. The molecular formula is C23H25N7O2. The molecule has 9 heteroatoms. The molecule has 0 spiro atoms. The first-order valence-corrected chi connectivity index (χ1v) is 10.9. The highest BCUT2D eigenvalue weighted by Crippen LogP contribution is 2.39. The molecule has 1 aromatic carbocycles. The number of nitrogen functional groups attached to an aromatic ring is 1. The number of hydrazine groups is 1. The van der Waals surface area contributed by atoms with E-state index < -0.39 is 12.2 Å². The fourth-order valence-corrected chi connectivity index (χ4v) is 5.15. The van der Waals surface area contributed by atoms with Crippen molar-refractivity contribution < 1.29 is 10.2 Å². The summed E-state index contributed by atoms with van der Waals surface area (Å²) < 4.78 is 1.92. The monoisotopic (exact) mass is 431 g/mol. The molecular weight excluding hydrogens is 406 g/mol. The minimum Gasteiger partial charge on any atom is -0.390 e. The minimum atomic E-state index is -0.855. The van der Waals surface area contributed by atoms with Gasteiger partial charge in [-0.05, 0) is 48.9 Å². The Labute approximate surface area is 184 Å². The Morgan fingerprint density at radius 3 is 2.94 bits per heavy atom. The fraction of sp³-hybridized carbons (Fsp3) is 0.348. The predicted molar refractivity (Wildman–Crippen MR) is 122 cm³/mol. The Balaban J connectivity index is 1.20. The number of anilines is 2. The molecule has 0 radical (unpaired) electrons. The molecule has 4 heterocycles. The molecule has 4 atom stereocenters. The van der Waals surface area contributed by atoms with Gasteiger partial charge in [0.1, 0.15) is 29.7 Å². The number of hydrogen-bond acceptors (Lipinski definition) is 8. The zero-order chi connectivity index (χ0) is 21.8. The molecule has 2 aliphatic rings. The van der Waals surface area contributed by atoms with Gasteiger partial charge in [-0.25, -0.2) is 20.4 Å². The van der Waals surface area contributed by atoms with Crippen molar-refractivity contribution in [1.82, 2.24) is 24.9 Å². The van der Waals surface area contributed by atoms with E-state index in [9.17, 15) is 10.2 Å². The molecule has 0 amide bonds. The standard InChI is InChI=1S/C23H25N7O2/c24-21-16-5-6-30(23(16)26-11-25-21)18-9-14(19(31)20(18)32)4-2-12-1-3-13-8-15-10-27-29-22(15)28-17(13)7-12/h1,3,5-8,11,14,18-20,27,31-32H,2,4,9-10H2,(H,28,29)(H2,24,25,26)/t14-,18+,19+,20-/m0/s1. The number of pyridine rings is 1. The third-order valence-electron chi connectivity index (χ3n) is 6.92. The summed E-state index contributed by atoms with van der Waals surface area (Å²) in [5, 5.41) is 23.4. The van der Waals surface area contributed by atoms with E-state index in [-0.39, 0.29) is 12.0 Å². The molecule has 1 fully saturated rings. The number of aryl methyl sites for hydroxylation is 1. The van der Waals surface area contributed by atoms with Gasteiger partial charge in [-0.15, -0.1) is 0 Å². The van der Waals surface area contributed by atoms with Crippen LogP contribution in [0.25, 0.3) is 21.9 Å². The van der Waals surface area contributed by atoms with Gasteiger partial charge in [0, 0.05) is 23.7 Å². The SMILES string of the molecule is Nc1ncnc2c1ccn2[C@@H]1C[C@H](CCc2ccc3cc4c(nc3c2)NNC4)[C@@H](O)[C@H]1O. The van der Waals surface area contributed by atoms with Gasteiger partial charge in [-0.3, -0.25) is 0 Å². The molecule has 0 saturated heterocycles. The summed E-state index contributed by atoms with van der Waals surface area (Å²) >= 11 is 0. The summed E-state index contributed by atoms with van der Waals surface area (Å²) in [6.45, 7) is 0.776. The van der Waals surface area contributed by atoms with E-state index in [2.05, 4.69) is 45.1 Å². The van der Waals surface area contributed by atoms with E-state index in [1.807, 2.05) is 16.8 Å². The van der Waals surface area contributed by atoms with E-state index in [0.717, 1.165) is 41.5 Å². The highest BCUT2D eigenvalue weighted by Gasteiger charge is 2.42. The number of fused-ring (bicyclic) bond motifs is 3. The van der Waals surface area contributed by atoms with Gasteiger partial charge >= 0.3 is 0 Å². The highest BCUT2D eigenvalue weighted by atomic mass is 16.3. The van der Waals surface area contributed by atoms with E-state index in [4.69, 9.17) is 10.7 Å². The van der Waals surface area contributed by atoms with Gasteiger partial charge in [0.15, 0.2) is 0 Å². The largest absolute Gasteiger partial charge is 0.390 e. The lowest BCUT2D eigenvalue weighted by molar-refractivity contribution is 0.00545. The number of nitrogens with zero attached hydrogens (tertiary/aromatic N) is 4. The molecule has 0 unspecified atom stereocenters. The fourth-order valence-electron chi connectivity index (χ4n) is 5.15. The van der Waals surface area contributed by atoms with Crippen LogP contribution in [0.2, 0.25) is 0 Å². The Morgan fingerprint density at radius 2 is 2.03 bits per heavy atom. The van der Waals surface area contributed by atoms with Gasteiger partial charge in [-0.2, -0.15) is 0 Å². The van der Waals surface area contributed by atoms with E-state index in [0.29, 0.717) is 17.9 Å². The third kappa shape index (κ3) is 3.09. The molecule has 1 aliphatic heterocycles. The normalized spacial score (nSPS) is 24.8. The zero-order valence-electron chi connectivity index (χ0n) is 17.4. The molecule has 32 heavy (non-hydrogen) atoms. The van der Waals surface area contributed by atoms with Crippen LogP contribution in [0.5, 0.6) is 0 Å². The summed E-state index contributed by atoms with van der Waals surface area (Å²) in [6, 6.07) is 10.1. The highest BCUT2D eigenvalue weighted by molar-refractivity contribution is 5.86. The number of rotatable bonds is 4. The first-order chi connectivity index (χ1) is 15.6. The van der Waals surface area contributed by atoms with Crippen molar-refractivity contribution in [1.29, 1.82) is 0 Å². The second kappa shape index (κ2) is 7.40. The van der Waals surface area contributed by atoms with Crippen molar-refractivity contribution >= 4 is 33.6 Å². The van der Waals surface area contributed by atoms with Crippen molar-refractivity contribution in [3.8, 4) is 0 Å². The van der Waals surface area contributed by atoms with Crippen molar-refractivity contribution in [3.05, 3.63) is 54.0 Å². The number of aliphatic hydroxyl groups is 2. The van der Waals surface area contributed by atoms with Gasteiger partial charge in [0.05, 0.1) is 23.0 Å². The predicted octanol–water partition coefficient (Wildman–Crippen LogP) is 1.91. The van der Waals surface area contributed by atoms with Crippen LogP contribution in [0, 0.1) is 5.92 Å². The first-order valence-electron chi connectivity index (χ1n) is 10.9. The summed E-state index contributed by atoms with van der Waals surface area (Å²) in [4.78, 5) is 13.1. The third-order valence-corrected chi connectivity index (χ3v) is 6.92. The van der Waals surface area contributed by atoms with Crippen LogP contribution < -0.4 is 16.6 Å². The second-order valence-corrected chi connectivity index (χ2v) is 8.80. The number of benzene rings is 1. The summed E-state index contributed by atoms with van der Waals surface area (Å²) in [5.74, 6) is 1.29. The van der Waals surface area contributed by atoms with Crippen LogP contribution in [0.1, 0.15) is 30.0 Å². The molecule has 3 aromatic heterocycles. The van der Waals surface area contributed by atoms with Crippen LogP contribution in [0.3, 0.4) is 0 Å². The molecule has 6 rings (SSSR count). The number of nitrogens with one attached hydrogen (secondary N) is 2. The Bertz CT molecular complexity index is 1320. The van der Waals surface area contributed by atoms with Gasteiger partial charge in [-0.1, -0.05) is 12.1 Å². The Hall–Kier alpha value is -3.27. The maximum atomic E-state index is 10.8. The number of aliphatic hydroxyl groups excluding tert-OH is 2. The molecule has 4 aromatic rings. The lowest BCUT2D eigenvalue weighted by Crippen LogP contribution is -2.29. The van der Waals surface area contributed by atoms with E-state index in [1.54, 1.807) is 0 Å². The van der Waals surface area contributed by atoms with Crippen molar-refractivity contribution in [3.63, 3.8) is 0 Å². The molecule has 164 valence electrons. The zero-order valence-corrected chi connectivity index (χ0v) is 17.4. The molecule has 1 aliphatic carbocycles. The van der Waals surface area contributed by atoms with Gasteiger partial charge in [0.2, 0.25) is 0 Å². The second-order valence-electron chi connectivity index (χ2n) is 8.80. The summed E-state index contributed by atoms with van der Waals surface area (Å²) in [6.07, 6.45) is 3.92. The number of nitrogens with two attached hydrogens (primary N) is 1. The average Bonchev–Trinajstić information content (AvgIpc) is 3.50. The number of hydrogen-bond donors (Lipinski definition) is 5. The maximum absolute atomic E-state index is 10.8.